The molecule has 3 fully saturated rings. The van der Waals surface area contributed by atoms with Crippen molar-refractivity contribution in [2.24, 2.45) is 23.7 Å². The van der Waals surface area contributed by atoms with Crippen molar-refractivity contribution in [2.75, 3.05) is 13.7 Å². The SMILES string of the molecule is CC[C@H](Cn1nc(-c2ccc(OC)cc2)ccc1=O)NC(=O)CN1C(=O)[C@H]2[C@@H]3CC[C@@H](C3)[C@@H]2C1=O. The highest BCUT2D eigenvalue weighted by molar-refractivity contribution is 6.08. The lowest BCUT2D eigenvalue weighted by atomic mass is 9.81. The lowest BCUT2D eigenvalue weighted by Crippen LogP contribution is -2.46. The molecule has 3 aliphatic rings. The molecule has 1 N–H and O–H groups in total. The molecule has 1 aromatic heterocycles. The van der Waals surface area contributed by atoms with Gasteiger partial charge < -0.3 is 10.1 Å². The second kappa shape index (κ2) is 9.28. The average molecular weight is 479 g/mol. The Hall–Kier alpha value is -3.49. The molecular formula is C26H30N4O5. The van der Waals surface area contributed by atoms with E-state index in [9.17, 15) is 19.2 Å². The standard InChI is InChI=1S/C26H30N4O5/c1-3-18(13-30-22(32)11-10-20(28-30)15-6-8-19(35-2)9-7-15)27-21(31)14-29-25(33)23-16-4-5-17(12-16)24(23)26(29)34/h6-11,16-18,23-24H,3-5,12-14H2,1-2H3,(H,27,31)/t16-,17+,18-,23+,24+/m1/s1. The van der Waals surface area contributed by atoms with Gasteiger partial charge in [-0.05, 0) is 67.9 Å². The van der Waals surface area contributed by atoms with Gasteiger partial charge in [-0.15, -0.1) is 0 Å². The van der Waals surface area contributed by atoms with Crippen LogP contribution in [0.25, 0.3) is 11.3 Å². The summed E-state index contributed by atoms with van der Waals surface area (Å²) in [5.41, 5.74) is 1.19. The molecule has 184 valence electrons. The van der Waals surface area contributed by atoms with Gasteiger partial charge in [0.1, 0.15) is 12.3 Å². The van der Waals surface area contributed by atoms with E-state index in [2.05, 4.69) is 10.4 Å². The molecule has 5 rings (SSSR count). The Kier molecular flexibility index (Phi) is 6.17. The van der Waals surface area contributed by atoms with Crippen LogP contribution in [-0.2, 0) is 20.9 Å². The topological polar surface area (TPSA) is 111 Å². The number of hydrogen-bond acceptors (Lipinski definition) is 6. The van der Waals surface area contributed by atoms with Crippen LogP contribution in [0.3, 0.4) is 0 Å². The number of likely N-dealkylation sites (tertiary alicyclic amines) is 1. The summed E-state index contributed by atoms with van der Waals surface area (Å²) < 4.78 is 6.52. The largest absolute Gasteiger partial charge is 0.497 e. The Morgan fingerprint density at radius 2 is 1.71 bits per heavy atom. The first kappa shape index (κ1) is 23.3. The number of hydrogen-bond donors (Lipinski definition) is 1. The van der Waals surface area contributed by atoms with E-state index in [1.807, 2.05) is 31.2 Å². The molecule has 0 spiro atoms. The van der Waals surface area contributed by atoms with Gasteiger partial charge in [-0.2, -0.15) is 5.10 Å². The fraction of sp³-hybridized carbons (Fsp3) is 0.500. The normalized spacial score (nSPS) is 25.6. The molecule has 2 saturated carbocycles. The first-order valence-corrected chi connectivity index (χ1v) is 12.3. The van der Waals surface area contributed by atoms with Crippen molar-refractivity contribution in [3.05, 3.63) is 46.8 Å². The number of rotatable bonds is 8. The first-order chi connectivity index (χ1) is 16.9. The van der Waals surface area contributed by atoms with Gasteiger partial charge >= 0.3 is 0 Å². The van der Waals surface area contributed by atoms with E-state index in [-0.39, 0.29) is 60.2 Å². The molecule has 9 nitrogen and oxygen atoms in total. The molecule has 0 radical (unpaired) electrons. The Labute approximate surface area is 203 Å². The van der Waals surface area contributed by atoms with Crippen molar-refractivity contribution in [1.82, 2.24) is 20.0 Å². The van der Waals surface area contributed by atoms with Crippen molar-refractivity contribution in [2.45, 2.75) is 45.2 Å². The van der Waals surface area contributed by atoms with E-state index in [4.69, 9.17) is 4.74 Å². The van der Waals surface area contributed by atoms with E-state index >= 15 is 0 Å². The van der Waals surface area contributed by atoms with Crippen LogP contribution in [0.15, 0.2) is 41.2 Å². The van der Waals surface area contributed by atoms with Crippen molar-refractivity contribution in [1.29, 1.82) is 0 Å². The quantitative estimate of drug-likeness (QED) is 0.580. The molecule has 35 heavy (non-hydrogen) atoms. The number of ether oxygens (including phenoxy) is 1. The van der Waals surface area contributed by atoms with Gasteiger partial charge in [0, 0.05) is 17.7 Å². The van der Waals surface area contributed by atoms with Crippen molar-refractivity contribution in [3.8, 4) is 17.0 Å². The predicted octanol–water partition coefficient (Wildman–Crippen LogP) is 1.84. The summed E-state index contributed by atoms with van der Waals surface area (Å²) in [6.45, 7) is 1.81. The Bertz CT molecular complexity index is 1180. The van der Waals surface area contributed by atoms with Crippen molar-refractivity contribution >= 4 is 17.7 Å². The monoisotopic (exact) mass is 478 g/mol. The number of carbonyl (C=O) groups excluding carboxylic acids is 3. The predicted molar refractivity (Wildman–Crippen MR) is 127 cm³/mol. The van der Waals surface area contributed by atoms with Crippen molar-refractivity contribution < 1.29 is 19.1 Å². The lowest BCUT2D eigenvalue weighted by Gasteiger charge is -2.21. The highest BCUT2D eigenvalue weighted by Gasteiger charge is 2.60. The van der Waals surface area contributed by atoms with Gasteiger partial charge in [0.2, 0.25) is 17.7 Å². The fourth-order valence-electron chi connectivity index (χ4n) is 6.02. The first-order valence-electron chi connectivity index (χ1n) is 12.3. The molecule has 2 bridgehead atoms. The van der Waals surface area contributed by atoms with Gasteiger partial charge in [-0.25, -0.2) is 4.68 Å². The number of nitrogens with one attached hydrogen (secondary N) is 1. The molecule has 5 atom stereocenters. The molecular weight excluding hydrogens is 448 g/mol. The van der Waals surface area contributed by atoms with E-state index in [0.717, 1.165) is 35.5 Å². The Balaban J connectivity index is 1.24. The summed E-state index contributed by atoms with van der Waals surface area (Å²) in [7, 11) is 1.59. The molecule has 1 aromatic carbocycles. The van der Waals surface area contributed by atoms with Crippen LogP contribution in [0, 0.1) is 23.7 Å². The summed E-state index contributed by atoms with van der Waals surface area (Å²) in [6.07, 6.45) is 3.52. The minimum Gasteiger partial charge on any atom is -0.497 e. The van der Waals surface area contributed by atoms with Crippen LogP contribution >= 0.6 is 0 Å². The van der Waals surface area contributed by atoms with Crippen molar-refractivity contribution in [3.63, 3.8) is 0 Å². The van der Waals surface area contributed by atoms with Gasteiger partial charge in [-0.1, -0.05) is 6.92 Å². The molecule has 9 heteroatoms. The molecule has 2 aromatic rings. The van der Waals surface area contributed by atoms with Crippen LogP contribution in [0.1, 0.15) is 32.6 Å². The zero-order chi connectivity index (χ0) is 24.7. The average Bonchev–Trinajstić information content (AvgIpc) is 3.55. The number of nitrogens with zero attached hydrogens (tertiary/aromatic N) is 3. The summed E-state index contributed by atoms with van der Waals surface area (Å²) in [6, 6.07) is 10.1. The summed E-state index contributed by atoms with van der Waals surface area (Å²) in [5, 5.41) is 7.36. The maximum Gasteiger partial charge on any atom is 0.266 e. The zero-order valence-corrected chi connectivity index (χ0v) is 20.0. The number of fused-ring (bicyclic) bond motifs is 5. The number of imide groups is 1. The minimum absolute atomic E-state index is 0.183. The number of amides is 3. The number of benzene rings is 1. The molecule has 2 heterocycles. The minimum atomic E-state index is -0.398. The Morgan fingerprint density at radius 1 is 1.06 bits per heavy atom. The zero-order valence-electron chi connectivity index (χ0n) is 20.0. The van der Waals surface area contributed by atoms with E-state index in [1.165, 1.54) is 10.7 Å². The fourth-order valence-corrected chi connectivity index (χ4v) is 6.02. The highest BCUT2D eigenvalue weighted by atomic mass is 16.5. The molecule has 2 aliphatic carbocycles. The number of aromatic nitrogens is 2. The van der Waals surface area contributed by atoms with E-state index < -0.39 is 5.91 Å². The highest BCUT2D eigenvalue weighted by Crippen LogP contribution is 2.56. The maximum atomic E-state index is 12.9. The Morgan fingerprint density at radius 3 is 2.31 bits per heavy atom. The van der Waals surface area contributed by atoms with Crippen LogP contribution < -0.4 is 15.6 Å². The molecule has 3 amide bonds. The summed E-state index contributed by atoms with van der Waals surface area (Å²) >= 11 is 0. The maximum absolute atomic E-state index is 12.9. The molecule has 1 aliphatic heterocycles. The molecule has 1 saturated heterocycles. The number of carbonyl (C=O) groups is 3. The van der Waals surface area contributed by atoms with Gasteiger partial charge in [-0.3, -0.25) is 24.1 Å². The van der Waals surface area contributed by atoms with Crippen LogP contribution in [0.5, 0.6) is 5.75 Å². The third-order valence-corrected chi connectivity index (χ3v) is 7.82. The second-order valence-electron chi connectivity index (χ2n) is 9.79. The summed E-state index contributed by atoms with van der Waals surface area (Å²) in [5.74, 6) is 0.0370. The van der Waals surface area contributed by atoms with Crippen LogP contribution in [0.4, 0.5) is 0 Å². The van der Waals surface area contributed by atoms with Gasteiger partial charge in [0.05, 0.1) is 31.2 Å². The summed E-state index contributed by atoms with van der Waals surface area (Å²) in [4.78, 5) is 52.2. The second-order valence-corrected chi connectivity index (χ2v) is 9.79. The smallest absolute Gasteiger partial charge is 0.266 e. The third kappa shape index (κ3) is 4.24. The third-order valence-electron chi connectivity index (χ3n) is 7.82. The van der Waals surface area contributed by atoms with Crippen LogP contribution in [0.2, 0.25) is 0 Å². The van der Waals surface area contributed by atoms with E-state index in [0.29, 0.717) is 12.1 Å². The lowest BCUT2D eigenvalue weighted by molar-refractivity contribution is -0.144. The van der Waals surface area contributed by atoms with E-state index in [1.54, 1.807) is 13.2 Å². The van der Waals surface area contributed by atoms with Crippen LogP contribution in [-0.4, -0.2) is 52.1 Å². The molecule has 0 unspecified atom stereocenters. The van der Waals surface area contributed by atoms with Gasteiger partial charge in [0.15, 0.2) is 0 Å². The van der Waals surface area contributed by atoms with Gasteiger partial charge in [0.25, 0.3) is 5.56 Å². The number of methoxy groups -OCH3 is 1.